The number of H-pyrrole nitrogens is 1. The van der Waals surface area contributed by atoms with Crippen LogP contribution in [-0.4, -0.2) is 16.1 Å². The standard InChI is InChI=1S/C12H20N4O/c1-12(2,3)7-4-5-9-8(6-7)10(16-15-9)11(17)14-13/h7H,4-6,13H2,1-3H3,(H,14,17)(H,15,16)/t7-/m1/s1. The van der Waals surface area contributed by atoms with Gasteiger partial charge in [-0.05, 0) is 30.6 Å². The summed E-state index contributed by atoms with van der Waals surface area (Å²) in [6.45, 7) is 6.72. The Morgan fingerprint density at radius 2 is 2.24 bits per heavy atom. The van der Waals surface area contributed by atoms with Crippen LogP contribution in [0, 0.1) is 11.3 Å². The molecule has 0 bridgehead atoms. The smallest absolute Gasteiger partial charge is 0.285 e. The molecule has 1 aromatic heterocycles. The van der Waals surface area contributed by atoms with Crippen molar-refractivity contribution in [1.82, 2.24) is 15.6 Å². The molecule has 0 radical (unpaired) electrons. The predicted molar refractivity (Wildman–Crippen MR) is 65.2 cm³/mol. The predicted octanol–water partition coefficient (Wildman–Crippen LogP) is 1.16. The number of hydrazine groups is 1. The first-order valence-electron chi connectivity index (χ1n) is 6.00. The summed E-state index contributed by atoms with van der Waals surface area (Å²) >= 11 is 0. The number of aromatic nitrogens is 2. The van der Waals surface area contributed by atoms with Crippen LogP contribution >= 0.6 is 0 Å². The third-order valence-electron chi connectivity index (χ3n) is 3.72. The second kappa shape index (κ2) is 4.14. The number of aromatic amines is 1. The van der Waals surface area contributed by atoms with Crippen LogP contribution in [0.3, 0.4) is 0 Å². The van der Waals surface area contributed by atoms with E-state index in [0.29, 0.717) is 11.6 Å². The molecule has 5 nitrogen and oxygen atoms in total. The fourth-order valence-corrected chi connectivity index (χ4v) is 2.49. The Morgan fingerprint density at radius 3 is 2.82 bits per heavy atom. The van der Waals surface area contributed by atoms with Gasteiger partial charge in [0.1, 0.15) is 0 Å². The van der Waals surface area contributed by atoms with E-state index in [1.165, 1.54) is 0 Å². The van der Waals surface area contributed by atoms with E-state index in [1.807, 2.05) is 0 Å². The molecule has 4 N–H and O–H groups in total. The molecule has 1 aliphatic carbocycles. The maximum Gasteiger partial charge on any atom is 0.285 e. The number of fused-ring (bicyclic) bond motifs is 1. The summed E-state index contributed by atoms with van der Waals surface area (Å²) in [6.07, 6.45) is 3.00. The molecule has 17 heavy (non-hydrogen) atoms. The lowest BCUT2D eigenvalue weighted by molar-refractivity contribution is 0.0946. The number of carbonyl (C=O) groups is 1. The lowest BCUT2D eigenvalue weighted by Gasteiger charge is -2.33. The average molecular weight is 236 g/mol. The van der Waals surface area contributed by atoms with Crippen LogP contribution in [0.25, 0.3) is 0 Å². The first kappa shape index (κ1) is 12.1. The molecule has 94 valence electrons. The molecule has 1 heterocycles. The van der Waals surface area contributed by atoms with Crippen molar-refractivity contribution in [2.75, 3.05) is 0 Å². The molecule has 0 saturated heterocycles. The van der Waals surface area contributed by atoms with Gasteiger partial charge in [0.2, 0.25) is 0 Å². The van der Waals surface area contributed by atoms with Gasteiger partial charge in [-0.25, -0.2) is 5.84 Å². The van der Waals surface area contributed by atoms with Gasteiger partial charge in [0, 0.05) is 11.3 Å². The van der Waals surface area contributed by atoms with Gasteiger partial charge in [-0.1, -0.05) is 20.8 Å². The largest absolute Gasteiger partial charge is 0.289 e. The van der Waals surface area contributed by atoms with Crippen molar-refractivity contribution in [1.29, 1.82) is 0 Å². The van der Waals surface area contributed by atoms with Crippen molar-refractivity contribution >= 4 is 5.91 Å². The van der Waals surface area contributed by atoms with Gasteiger partial charge >= 0.3 is 0 Å². The number of nitrogens with zero attached hydrogens (tertiary/aromatic N) is 1. The quantitative estimate of drug-likeness (QED) is 0.389. The van der Waals surface area contributed by atoms with Crippen molar-refractivity contribution < 1.29 is 4.79 Å². The Balaban J connectivity index is 2.29. The minimum absolute atomic E-state index is 0.255. The summed E-state index contributed by atoms with van der Waals surface area (Å²) in [6, 6.07) is 0. The van der Waals surface area contributed by atoms with Crippen LogP contribution < -0.4 is 11.3 Å². The van der Waals surface area contributed by atoms with Gasteiger partial charge in [0.25, 0.3) is 5.91 Å². The van der Waals surface area contributed by atoms with E-state index < -0.39 is 0 Å². The second-order valence-corrected chi connectivity index (χ2v) is 5.81. The first-order valence-corrected chi connectivity index (χ1v) is 6.00. The zero-order valence-electron chi connectivity index (χ0n) is 10.6. The number of hydrogen-bond acceptors (Lipinski definition) is 3. The van der Waals surface area contributed by atoms with Gasteiger partial charge in [-0.3, -0.25) is 15.3 Å². The molecular formula is C12H20N4O. The highest BCUT2D eigenvalue weighted by Crippen LogP contribution is 2.37. The van der Waals surface area contributed by atoms with E-state index >= 15 is 0 Å². The fourth-order valence-electron chi connectivity index (χ4n) is 2.49. The van der Waals surface area contributed by atoms with Gasteiger partial charge < -0.3 is 0 Å². The van der Waals surface area contributed by atoms with Crippen LogP contribution in [0.15, 0.2) is 0 Å². The van der Waals surface area contributed by atoms with Gasteiger partial charge in [-0.15, -0.1) is 0 Å². The monoisotopic (exact) mass is 236 g/mol. The van der Waals surface area contributed by atoms with E-state index in [-0.39, 0.29) is 11.3 Å². The highest BCUT2D eigenvalue weighted by molar-refractivity contribution is 5.93. The fraction of sp³-hybridized carbons (Fsp3) is 0.667. The lowest BCUT2D eigenvalue weighted by Crippen LogP contribution is -2.32. The topological polar surface area (TPSA) is 83.8 Å². The molecule has 1 aromatic rings. The number of hydrogen-bond donors (Lipinski definition) is 3. The summed E-state index contributed by atoms with van der Waals surface area (Å²) in [7, 11) is 0. The van der Waals surface area contributed by atoms with E-state index in [4.69, 9.17) is 5.84 Å². The van der Waals surface area contributed by atoms with Gasteiger partial charge in [0.05, 0.1) is 0 Å². The molecule has 1 atom stereocenters. The Bertz CT molecular complexity index is 430. The van der Waals surface area contributed by atoms with Crippen LogP contribution in [0.5, 0.6) is 0 Å². The number of rotatable bonds is 1. The summed E-state index contributed by atoms with van der Waals surface area (Å²) < 4.78 is 0. The molecule has 0 aliphatic heterocycles. The average Bonchev–Trinajstić information content (AvgIpc) is 2.69. The zero-order valence-corrected chi connectivity index (χ0v) is 10.6. The van der Waals surface area contributed by atoms with Crippen LogP contribution in [0.4, 0.5) is 0 Å². The second-order valence-electron chi connectivity index (χ2n) is 5.81. The number of carbonyl (C=O) groups excluding carboxylic acids is 1. The minimum Gasteiger partial charge on any atom is -0.289 e. The van der Waals surface area contributed by atoms with Crippen LogP contribution in [-0.2, 0) is 12.8 Å². The number of nitrogen functional groups attached to an aromatic ring is 1. The van der Waals surface area contributed by atoms with Crippen molar-refractivity contribution in [3.63, 3.8) is 0 Å². The summed E-state index contributed by atoms with van der Waals surface area (Å²) in [5.41, 5.74) is 4.99. The molecule has 0 unspecified atom stereocenters. The molecule has 1 amide bonds. The molecule has 2 rings (SSSR count). The molecule has 5 heteroatoms. The molecule has 0 fully saturated rings. The molecular weight excluding hydrogens is 216 g/mol. The Labute approximate surface area is 101 Å². The van der Waals surface area contributed by atoms with E-state index in [9.17, 15) is 4.79 Å². The Hall–Kier alpha value is -1.36. The van der Waals surface area contributed by atoms with Gasteiger partial charge in [-0.2, -0.15) is 5.10 Å². The number of amides is 1. The van der Waals surface area contributed by atoms with E-state index in [1.54, 1.807) is 0 Å². The van der Waals surface area contributed by atoms with Crippen molar-refractivity contribution in [3.05, 3.63) is 17.0 Å². The SMILES string of the molecule is CC(C)(C)[C@@H]1CCc2[nH]nc(C(=O)NN)c2C1. The van der Waals surface area contributed by atoms with Crippen molar-refractivity contribution in [2.45, 2.75) is 40.0 Å². The molecule has 0 aromatic carbocycles. The zero-order chi connectivity index (χ0) is 12.6. The summed E-state index contributed by atoms with van der Waals surface area (Å²) in [5.74, 6) is 5.44. The maximum absolute atomic E-state index is 11.6. The maximum atomic E-state index is 11.6. The van der Waals surface area contributed by atoms with Crippen molar-refractivity contribution in [3.8, 4) is 0 Å². The Kier molecular flexibility index (Phi) is 2.95. The number of aryl methyl sites for hydroxylation is 1. The third-order valence-corrected chi connectivity index (χ3v) is 3.72. The highest BCUT2D eigenvalue weighted by atomic mass is 16.2. The molecule has 0 spiro atoms. The summed E-state index contributed by atoms with van der Waals surface area (Å²) in [5, 5.41) is 7.02. The Morgan fingerprint density at radius 1 is 1.53 bits per heavy atom. The van der Waals surface area contributed by atoms with Gasteiger partial charge in [0.15, 0.2) is 5.69 Å². The van der Waals surface area contributed by atoms with Crippen molar-refractivity contribution in [2.24, 2.45) is 17.2 Å². The number of nitrogens with two attached hydrogens (primary N) is 1. The van der Waals surface area contributed by atoms with E-state index in [2.05, 4.69) is 36.4 Å². The molecule has 0 saturated carbocycles. The van der Waals surface area contributed by atoms with Crippen LogP contribution in [0.1, 0.15) is 48.9 Å². The highest BCUT2D eigenvalue weighted by Gasteiger charge is 2.32. The molecule has 1 aliphatic rings. The number of nitrogens with one attached hydrogen (secondary N) is 2. The minimum atomic E-state index is -0.308. The van der Waals surface area contributed by atoms with Crippen LogP contribution in [0.2, 0.25) is 0 Å². The first-order chi connectivity index (χ1) is 7.93. The normalized spacial score (nSPS) is 19.9. The summed E-state index contributed by atoms with van der Waals surface area (Å²) in [4.78, 5) is 11.6. The third kappa shape index (κ3) is 2.20. The lowest BCUT2D eigenvalue weighted by atomic mass is 9.71. The van der Waals surface area contributed by atoms with E-state index in [0.717, 1.165) is 30.5 Å².